The van der Waals surface area contributed by atoms with Crippen LogP contribution in [0.4, 0.5) is 5.82 Å². The largest absolute Gasteiger partial charge is 0.469 e. The molecule has 1 aromatic carbocycles. The molecule has 0 saturated carbocycles. The Balaban J connectivity index is 1.61. The minimum absolute atomic E-state index is 0.0653. The molecule has 2 aromatic heterocycles. The van der Waals surface area contributed by atoms with Gasteiger partial charge in [0.25, 0.3) is 0 Å². The molecule has 3 aromatic rings. The Bertz CT molecular complexity index is 1830. The van der Waals surface area contributed by atoms with E-state index in [1.165, 1.54) is 63.0 Å². The van der Waals surface area contributed by atoms with Gasteiger partial charge in [0, 0.05) is 26.1 Å². The Hall–Kier alpha value is -3.89. The standard InChI is InChI=1S/C51H87N7O8/c1-6-9-12-14-16-19-27-43(60)38-56(31-24-32-57(36-40(4)59)39-44(61)28-20-17-15-13-10-7-2)30-22-18-21-29-45(62)52-48-47-49(55-50(54-48)66-33-11-8-3)58(51(64)53-47)37-42-26-23-25-41(34-42)35-46(63)65-5/h23,25-26,34,40,43-44,59-61H,6-22,24,27-33,35-39H2,1-5H3,(H,53,64)(H,52,54,55,62). The van der Waals surface area contributed by atoms with E-state index in [0.29, 0.717) is 43.8 Å². The topological polar surface area (TPSA) is 195 Å². The quantitative estimate of drug-likeness (QED) is 0.0273. The molecule has 66 heavy (non-hydrogen) atoms. The molecule has 2 heterocycles. The number of unbranched alkanes of at least 4 members (excludes halogenated alkanes) is 13. The van der Waals surface area contributed by atoms with Crippen molar-refractivity contribution in [3.8, 4) is 6.01 Å². The number of fused-ring (bicyclic) bond motifs is 1. The van der Waals surface area contributed by atoms with Gasteiger partial charge in [-0.2, -0.15) is 9.97 Å². The Morgan fingerprint density at radius 1 is 0.742 bits per heavy atom. The number of carbonyl (C=O) groups excluding carboxylic acids is 2. The van der Waals surface area contributed by atoms with E-state index in [4.69, 9.17) is 9.47 Å². The van der Waals surface area contributed by atoms with Gasteiger partial charge in [0.1, 0.15) is 5.52 Å². The number of hydrogen-bond acceptors (Lipinski definition) is 12. The summed E-state index contributed by atoms with van der Waals surface area (Å²) in [6.45, 7) is 12.8. The molecule has 0 aliphatic carbocycles. The van der Waals surface area contributed by atoms with Crippen molar-refractivity contribution in [2.75, 3.05) is 58.3 Å². The molecule has 1 amide bonds. The highest BCUT2D eigenvalue weighted by Crippen LogP contribution is 2.23. The van der Waals surface area contributed by atoms with Crippen molar-refractivity contribution in [3.05, 3.63) is 45.9 Å². The van der Waals surface area contributed by atoms with Gasteiger partial charge in [-0.3, -0.25) is 19.1 Å². The molecule has 15 heteroatoms. The van der Waals surface area contributed by atoms with E-state index < -0.39 is 24.0 Å². The van der Waals surface area contributed by atoms with Gasteiger partial charge in [-0.25, -0.2) is 4.79 Å². The number of anilines is 1. The number of aromatic nitrogens is 4. The first kappa shape index (κ1) is 56.4. The van der Waals surface area contributed by atoms with Crippen LogP contribution >= 0.6 is 0 Å². The first-order valence-corrected chi connectivity index (χ1v) is 25.5. The normalized spacial score (nSPS) is 13.1. The van der Waals surface area contributed by atoms with E-state index in [1.54, 1.807) is 6.92 Å². The fourth-order valence-corrected chi connectivity index (χ4v) is 8.41. The highest BCUT2D eigenvalue weighted by molar-refractivity contribution is 5.97. The molecule has 0 saturated heterocycles. The lowest BCUT2D eigenvalue weighted by Crippen LogP contribution is -2.40. The maximum absolute atomic E-state index is 13.4. The maximum atomic E-state index is 13.4. The van der Waals surface area contributed by atoms with Crippen LogP contribution in [0.25, 0.3) is 11.2 Å². The number of carbonyl (C=O) groups is 2. The number of imidazole rings is 1. The summed E-state index contributed by atoms with van der Waals surface area (Å²) < 4.78 is 12.2. The predicted molar refractivity (Wildman–Crippen MR) is 264 cm³/mol. The number of amides is 1. The van der Waals surface area contributed by atoms with Crippen LogP contribution in [-0.2, 0) is 27.3 Å². The van der Waals surface area contributed by atoms with E-state index in [9.17, 15) is 29.7 Å². The summed E-state index contributed by atoms with van der Waals surface area (Å²) in [6.07, 6.45) is 19.7. The number of ether oxygens (including phenoxy) is 2. The van der Waals surface area contributed by atoms with Crippen LogP contribution in [-0.4, -0.2) is 128 Å². The number of benzene rings is 1. The molecule has 3 rings (SSSR count). The molecule has 0 aliphatic rings. The smallest absolute Gasteiger partial charge is 0.328 e. The number of H-pyrrole nitrogens is 1. The average molecular weight is 926 g/mol. The third-order valence-corrected chi connectivity index (χ3v) is 12.1. The fourth-order valence-electron chi connectivity index (χ4n) is 8.41. The van der Waals surface area contributed by atoms with Gasteiger partial charge in [-0.05, 0) is 76.2 Å². The lowest BCUT2D eigenvalue weighted by atomic mass is 10.1. The van der Waals surface area contributed by atoms with Crippen molar-refractivity contribution in [1.29, 1.82) is 0 Å². The second kappa shape index (κ2) is 33.6. The number of esters is 1. The number of aromatic amines is 1. The van der Waals surface area contributed by atoms with Gasteiger partial charge in [0.15, 0.2) is 11.5 Å². The molecular weight excluding hydrogens is 839 g/mol. The summed E-state index contributed by atoms with van der Waals surface area (Å²) in [6, 6.07) is 7.43. The molecule has 5 N–H and O–H groups in total. The van der Waals surface area contributed by atoms with Crippen molar-refractivity contribution >= 4 is 28.9 Å². The molecule has 0 aliphatic heterocycles. The SMILES string of the molecule is CCCCCCCCC(O)CN(CCCCCC(=O)Nc1nc(OCCCC)nc2c1[nH]c(=O)n2Cc1cccc(CC(=O)OC)c1)CCCN(CC(C)O)CC(O)CCCCCCCC. The van der Waals surface area contributed by atoms with Crippen LogP contribution in [0.15, 0.2) is 29.1 Å². The molecule has 3 atom stereocenters. The monoisotopic (exact) mass is 926 g/mol. The number of hydrogen-bond donors (Lipinski definition) is 5. The van der Waals surface area contributed by atoms with E-state index in [1.807, 2.05) is 24.3 Å². The van der Waals surface area contributed by atoms with Crippen LogP contribution in [0, 0.1) is 0 Å². The lowest BCUT2D eigenvalue weighted by Gasteiger charge is -2.29. The third-order valence-electron chi connectivity index (χ3n) is 12.1. The highest BCUT2D eigenvalue weighted by Gasteiger charge is 2.20. The van der Waals surface area contributed by atoms with E-state index in [-0.39, 0.29) is 43.1 Å². The van der Waals surface area contributed by atoms with Gasteiger partial charge in [-0.1, -0.05) is 135 Å². The van der Waals surface area contributed by atoms with Crippen LogP contribution in [0.3, 0.4) is 0 Å². The second-order valence-corrected chi connectivity index (χ2v) is 18.4. The summed E-state index contributed by atoms with van der Waals surface area (Å²) in [5, 5.41) is 35.1. The zero-order valence-electron chi connectivity index (χ0n) is 41.4. The number of aliphatic hydroxyl groups is 3. The molecule has 0 bridgehead atoms. The van der Waals surface area contributed by atoms with Crippen molar-refractivity contribution in [1.82, 2.24) is 29.3 Å². The minimum atomic E-state index is -0.488. The van der Waals surface area contributed by atoms with Gasteiger partial charge < -0.3 is 40.0 Å². The number of nitrogens with one attached hydrogen (secondary N) is 2. The molecule has 3 unspecified atom stereocenters. The fraction of sp³-hybridized carbons (Fsp3) is 0.745. The maximum Gasteiger partial charge on any atom is 0.328 e. The third kappa shape index (κ3) is 23.2. The van der Waals surface area contributed by atoms with Crippen molar-refractivity contribution in [2.45, 2.75) is 194 Å². The van der Waals surface area contributed by atoms with Crippen LogP contribution in [0.1, 0.15) is 174 Å². The van der Waals surface area contributed by atoms with E-state index in [0.717, 1.165) is 101 Å². The number of nitrogens with zero attached hydrogens (tertiary/aromatic N) is 5. The number of rotatable bonds is 39. The zero-order valence-corrected chi connectivity index (χ0v) is 41.4. The summed E-state index contributed by atoms with van der Waals surface area (Å²) >= 11 is 0. The predicted octanol–water partition coefficient (Wildman–Crippen LogP) is 8.16. The Morgan fingerprint density at radius 3 is 1.98 bits per heavy atom. The minimum Gasteiger partial charge on any atom is -0.469 e. The highest BCUT2D eigenvalue weighted by atomic mass is 16.5. The summed E-state index contributed by atoms with van der Waals surface area (Å²) in [5.74, 6) is -0.414. The van der Waals surface area contributed by atoms with Gasteiger partial charge in [0.05, 0.1) is 45.0 Å². The molecule has 0 spiro atoms. The van der Waals surface area contributed by atoms with Crippen molar-refractivity contribution in [3.63, 3.8) is 0 Å². The Morgan fingerprint density at radius 2 is 1.33 bits per heavy atom. The first-order chi connectivity index (χ1) is 32.0. The first-order valence-electron chi connectivity index (χ1n) is 25.5. The van der Waals surface area contributed by atoms with E-state index in [2.05, 4.69) is 50.8 Å². The van der Waals surface area contributed by atoms with Crippen molar-refractivity contribution in [2.24, 2.45) is 0 Å². The zero-order chi connectivity index (χ0) is 47.9. The van der Waals surface area contributed by atoms with E-state index >= 15 is 0 Å². The van der Waals surface area contributed by atoms with Crippen LogP contribution in [0.5, 0.6) is 6.01 Å². The molecule has 374 valence electrons. The lowest BCUT2D eigenvalue weighted by molar-refractivity contribution is -0.139. The van der Waals surface area contributed by atoms with Crippen LogP contribution < -0.4 is 15.7 Å². The number of aliphatic hydroxyl groups excluding tert-OH is 3. The van der Waals surface area contributed by atoms with Crippen LogP contribution in [0.2, 0.25) is 0 Å². The second-order valence-electron chi connectivity index (χ2n) is 18.4. The van der Waals surface area contributed by atoms with Gasteiger partial charge in [-0.15, -0.1) is 0 Å². The van der Waals surface area contributed by atoms with Crippen molar-refractivity contribution < 1.29 is 34.4 Å². The van der Waals surface area contributed by atoms with Gasteiger partial charge in [0.2, 0.25) is 5.91 Å². The van der Waals surface area contributed by atoms with Gasteiger partial charge >= 0.3 is 17.7 Å². The molecule has 0 fully saturated rings. The number of methoxy groups -OCH3 is 1. The molecular formula is C51H87N7O8. The summed E-state index contributed by atoms with van der Waals surface area (Å²) in [5.41, 5.74) is 1.73. The summed E-state index contributed by atoms with van der Waals surface area (Å²) in [7, 11) is 1.35. The molecule has 15 nitrogen and oxygen atoms in total. The Labute approximate surface area is 395 Å². The Kier molecular flexibility index (Phi) is 28.7. The average Bonchev–Trinajstić information content (AvgIpc) is 3.59. The molecule has 0 radical (unpaired) electrons. The summed E-state index contributed by atoms with van der Waals surface area (Å²) in [4.78, 5) is 55.1.